The highest BCUT2D eigenvalue weighted by Gasteiger charge is 2.26. The van der Waals surface area contributed by atoms with Crippen molar-refractivity contribution in [2.45, 2.75) is 31.8 Å². The second-order valence-corrected chi connectivity index (χ2v) is 5.01. The topological polar surface area (TPSA) is 95.4 Å². The molecule has 1 aliphatic rings. The number of fused-ring (bicyclic) bond motifs is 3. The molecule has 2 heterocycles. The van der Waals surface area contributed by atoms with Gasteiger partial charge in [0.25, 0.3) is 0 Å². The molecule has 0 bridgehead atoms. The minimum atomic E-state index is -1.06. The number of nitrogens with one attached hydrogen (secondary N) is 1. The number of carboxylic acid groups (broad SMARTS) is 1. The second kappa shape index (κ2) is 4.90. The van der Waals surface area contributed by atoms with Gasteiger partial charge in [-0.2, -0.15) is 0 Å². The average Bonchev–Trinajstić information content (AvgIpc) is 2.73. The molecular weight excluding hydrogens is 256 g/mol. The zero-order valence-electron chi connectivity index (χ0n) is 10.9. The highest BCUT2D eigenvalue weighted by Crippen LogP contribution is 2.31. The molecule has 1 aromatic carbocycles. The summed E-state index contributed by atoms with van der Waals surface area (Å²) in [5, 5.41) is 15.9. The number of aromatic nitrogens is 1. The normalized spacial score (nSPS) is 17.5. The summed E-state index contributed by atoms with van der Waals surface area (Å²) >= 11 is 0. The fourth-order valence-electron chi connectivity index (χ4n) is 3.05. The van der Waals surface area contributed by atoms with E-state index in [1.807, 2.05) is 24.3 Å². The van der Waals surface area contributed by atoms with Gasteiger partial charge in [0.15, 0.2) is 6.04 Å². The maximum absolute atomic E-state index is 11.0. The van der Waals surface area contributed by atoms with Gasteiger partial charge in [-0.25, -0.2) is 0 Å². The maximum Gasteiger partial charge on any atom is 0.214 e. The van der Waals surface area contributed by atoms with E-state index in [0.717, 1.165) is 35.0 Å². The number of hydrogen-bond donors (Lipinski definition) is 1. The van der Waals surface area contributed by atoms with Crippen LogP contribution in [0.5, 0.6) is 0 Å². The third-order valence-electron chi connectivity index (χ3n) is 3.84. The Hall–Kier alpha value is -2.46. The van der Waals surface area contributed by atoms with Crippen LogP contribution >= 0.6 is 0 Å². The number of hydrogen-bond acceptors (Lipinski definition) is 4. The first kappa shape index (κ1) is 12.6. The fourth-order valence-corrected chi connectivity index (χ4v) is 3.05. The number of carbonyl (C=O) groups is 1. The van der Waals surface area contributed by atoms with Crippen molar-refractivity contribution in [3.05, 3.63) is 35.5 Å². The standard InChI is InChI=1S/C14H14N4O2/c15-17-16-9-5-6-13-11(7-14(19)20)10-3-1-2-4-12(10)18(13)8-9/h1-4,9,15H,5-8H2. The zero-order chi connectivity index (χ0) is 14.1. The second-order valence-electron chi connectivity index (χ2n) is 5.01. The van der Waals surface area contributed by atoms with Crippen LogP contribution in [0, 0.1) is 5.53 Å². The summed E-state index contributed by atoms with van der Waals surface area (Å²) in [5.41, 5.74) is 9.76. The molecule has 1 atom stereocenters. The first-order valence-corrected chi connectivity index (χ1v) is 6.56. The van der Waals surface area contributed by atoms with Crippen LogP contribution in [0.1, 0.15) is 17.7 Å². The Balaban J connectivity index is 2.16. The van der Waals surface area contributed by atoms with Crippen LogP contribution in [0.2, 0.25) is 0 Å². The monoisotopic (exact) mass is 270 g/mol. The number of nitrogens with zero attached hydrogens (tertiary/aromatic N) is 3. The highest BCUT2D eigenvalue weighted by atomic mass is 16.4. The molecule has 1 N–H and O–H groups in total. The molecular formula is C14H14N4O2. The lowest BCUT2D eigenvalue weighted by molar-refractivity contribution is -0.304. The van der Waals surface area contributed by atoms with Crippen LogP contribution in [-0.4, -0.2) is 16.6 Å². The Morgan fingerprint density at radius 2 is 2.30 bits per heavy atom. The number of para-hydroxylation sites is 1. The van der Waals surface area contributed by atoms with Crippen molar-refractivity contribution in [2.75, 3.05) is 0 Å². The van der Waals surface area contributed by atoms with Crippen molar-refractivity contribution in [2.24, 2.45) is 5.11 Å². The number of benzene rings is 1. The summed E-state index contributed by atoms with van der Waals surface area (Å²) in [6.07, 6.45) is 1.48. The lowest BCUT2D eigenvalue weighted by Gasteiger charge is -2.20. The van der Waals surface area contributed by atoms with Gasteiger partial charge >= 0.3 is 0 Å². The van der Waals surface area contributed by atoms with E-state index in [1.54, 1.807) is 0 Å². The van der Waals surface area contributed by atoms with E-state index in [1.165, 1.54) is 0 Å². The van der Waals surface area contributed by atoms with Gasteiger partial charge in [-0.15, -0.1) is 0 Å². The average molecular weight is 270 g/mol. The molecule has 1 aromatic heterocycles. The molecule has 0 amide bonds. The smallest absolute Gasteiger partial charge is 0.214 e. The molecule has 0 saturated heterocycles. The van der Waals surface area contributed by atoms with Gasteiger partial charge < -0.3 is 14.5 Å². The zero-order valence-corrected chi connectivity index (χ0v) is 10.9. The highest BCUT2D eigenvalue weighted by molar-refractivity contribution is 5.89. The summed E-state index contributed by atoms with van der Waals surface area (Å²) in [5.74, 6) is -1.06. The van der Waals surface area contributed by atoms with Crippen molar-refractivity contribution in [3.63, 3.8) is 0 Å². The summed E-state index contributed by atoms with van der Waals surface area (Å²) in [7, 11) is 0. The predicted molar refractivity (Wildman–Crippen MR) is 70.0 cm³/mol. The van der Waals surface area contributed by atoms with Gasteiger partial charge in [0, 0.05) is 29.0 Å². The quantitative estimate of drug-likeness (QED) is 0.659. The van der Waals surface area contributed by atoms with Crippen molar-refractivity contribution in [1.82, 2.24) is 9.48 Å². The van der Waals surface area contributed by atoms with Crippen LogP contribution in [-0.2, 0) is 24.2 Å². The number of carboxylic acids is 1. The van der Waals surface area contributed by atoms with Crippen molar-refractivity contribution in [3.8, 4) is 0 Å². The molecule has 20 heavy (non-hydrogen) atoms. The Labute approximate surface area is 115 Å². The number of aliphatic carboxylic acids is 1. The largest absolute Gasteiger partial charge is 0.550 e. The van der Waals surface area contributed by atoms with Gasteiger partial charge in [0.2, 0.25) is 4.91 Å². The molecule has 6 heteroatoms. The van der Waals surface area contributed by atoms with Crippen LogP contribution in [0.15, 0.2) is 29.4 Å². The van der Waals surface area contributed by atoms with Crippen molar-refractivity contribution >= 4 is 16.9 Å². The molecule has 0 spiro atoms. The molecule has 0 fully saturated rings. The SMILES string of the molecule is N=[N+]=NC1CCc2c(CC(=O)[O-])c3ccccc3n2C1. The number of rotatable bonds is 3. The lowest BCUT2D eigenvalue weighted by atomic mass is 10.0. The molecule has 6 nitrogen and oxygen atoms in total. The van der Waals surface area contributed by atoms with E-state index in [0.29, 0.717) is 6.54 Å². The summed E-state index contributed by atoms with van der Waals surface area (Å²) in [6, 6.07) is 7.77. The van der Waals surface area contributed by atoms with Gasteiger partial charge in [-0.1, -0.05) is 18.2 Å². The van der Waals surface area contributed by atoms with Gasteiger partial charge in [0.05, 0.1) is 6.54 Å². The molecule has 3 rings (SSSR count). The molecule has 1 aliphatic heterocycles. The summed E-state index contributed by atoms with van der Waals surface area (Å²) in [6.45, 7) is 0.644. The van der Waals surface area contributed by atoms with Gasteiger partial charge in [-0.05, 0) is 24.5 Å². The minimum absolute atomic E-state index is 0.00777. The molecule has 2 aromatic rings. The third-order valence-corrected chi connectivity index (χ3v) is 3.84. The summed E-state index contributed by atoms with van der Waals surface area (Å²) < 4.78 is 2.11. The van der Waals surface area contributed by atoms with Crippen molar-refractivity contribution < 1.29 is 9.90 Å². The molecule has 0 aliphatic carbocycles. The maximum atomic E-state index is 11.0. The van der Waals surface area contributed by atoms with Crippen LogP contribution < -0.4 is 10.0 Å². The van der Waals surface area contributed by atoms with E-state index in [-0.39, 0.29) is 12.5 Å². The van der Waals surface area contributed by atoms with E-state index in [2.05, 4.69) is 14.6 Å². The van der Waals surface area contributed by atoms with E-state index >= 15 is 0 Å². The summed E-state index contributed by atoms with van der Waals surface area (Å²) in [4.78, 5) is 14.1. The third kappa shape index (κ3) is 2.00. The lowest BCUT2D eigenvalue weighted by Crippen LogP contribution is -2.27. The first-order valence-electron chi connectivity index (χ1n) is 6.56. The van der Waals surface area contributed by atoms with Crippen LogP contribution in [0.3, 0.4) is 0 Å². The van der Waals surface area contributed by atoms with Crippen molar-refractivity contribution in [1.29, 1.82) is 5.53 Å². The van der Waals surface area contributed by atoms with E-state index in [4.69, 9.17) is 5.53 Å². The fraction of sp³-hybridized carbons (Fsp3) is 0.357. The van der Waals surface area contributed by atoms with Gasteiger partial charge in [-0.3, -0.25) is 0 Å². The Morgan fingerprint density at radius 1 is 1.50 bits per heavy atom. The predicted octanol–water partition coefficient (Wildman–Crippen LogP) is 0.799. The number of carbonyl (C=O) groups excluding carboxylic acids is 1. The first-order chi connectivity index (χ1) is 9.70. The molecule has 0 saturated carbocycles. The minimum Gasteiger partial charge on any atom is -0.550 e. The molecule has 1 unspecified atom stereocenters. The molecule has 0 radical (unpaired) electrons. The molecule has 102 valence electrons. The Kier molecular flexibility index (Phi) is 3.08. The van der Waals surface area contributed by atoms with E-state index < -0.39 is 5.97 Å². The van der Waals surface area contributed by atoms with E-state index in [9.17, 15) is 9.90 Å². The Morgan fingerprint density at radius 3 is 3.05 bits per heavy atom. The van der Waals surface area contributed by atoms with Crippen LogP contribution in [0.4, 0.5) is 0 Å². The Bertz CT molecular complexity index is 728. The van der Waals surface area contributed by atoms with Crippen LogP contribution in [0.25, 0.3) is 10.9 Å². The van der Waals surface area contributed by atoms with Gasteiger partial charge in [0.1, 0.15) is 10.6 Å².